The van der Waals surface area contributed by atoms with Gasteiger partial charge in [-0.2, -0.15) is 0 Å². The van der Waals surface area contributed by atoms with Gasteiger partial charge in [-0.05, 0) is 110 Å². The molecule has 1 N–H and O–H groups in total. The van der Waals surface area contributed by atoms with E-state index in [4.69, 9.17) is 0 Å². The lowest BCUT2D eigenvalue weighted by molar-refractivity contribution is -0.910. The Kier molecular flexibility index (Phi) is 7.98. The zero-order valence-electron chi connectivity index (χ0n) is 24.0. The predicted octanol–water partition coefficient (Wildman–Crippen LogP) is 7.36. The van der Waals surface area contributed by atoms with E-state index in [9.17, 15) is 4.79 Å². The predicted molar refractivity (Wildman–Crippen MR) is 150 cm³/mol. The molecule has 0 radical (unpaired) electrons. The van der Waals surface area contributed by atoms with E-state index in [-0.39, 0.29) is 5.91 Å². The molecule has 4 saturated carbocycles. The summed E-state index contributed by atoms with van der Waals surface area (Å²) in [5, 5.41) is 3.28. The Labute approximate surface area is 222 Å². The molecule has 2 unspecified atom stereocenters. The van der Waals surface area contributed by atoms with Crippen LogP contribution in [-0.2, 0) is 4.79 Å². The third kappa shape index (κ3) is 4.85. The monoisotopic (exact) mass is 497 g/mol. The Bertz CT molecular complexity index is 787. The Balaban J connectivity index is 1.12. The Hall–Kier alpha value is -0.830. The number of carbonyl (C=O) groups is 1. The number of quaternary nitrogens is 1. The van der Waals surface area contributed by atoms with E-state index in [1.54, 1.807) is 0 Å². The van der Waals surface area contributed by atoms with E-state index < -0.39 is 0 Å². The molecule has 5 aliphatic rings. The average Bonchev–Trinajstić information content (AvgIpc) is 3.46. The number of likely N-dealkylation sites (tertiary alicyclic amines) is 1. The van der Waals surface area contributed by atoms with Crippen LogP contribution in [0.25, 0.3) is 0 Å². The van der Waals surface area contributed by atoms with Crippen LogP contribution < -0.4 is 5.32 Å². The van der Waals surface area contributed by atoms with Gasteiger partial charge in [0.15, 0.2) is 0 Å². The highest BCUT2D eigenvalue weighted by atomic mass is 16.1. The summed E-state index contributed by atoms with van der Waals surface area (Å²) in [6.45, 7) is 17.3. The molecule has 8 atom stereocenters. The van der Waals surface area contributed by atoms with Crippen LogP contribution in [-0.4, -0.2) is 43.1 Å². The lowest BCUT2D eigenvalue weighted by atomic mass is 9.44. The number of hydrogen-bond donors (Lipinski definition) is 1. The van der Waals surface area contributed by atoms with Crippen molar-refractivity contribution in [3.8, 4) is 0 Å². The van der Waals surface area contributed by atoms with Crippen molar-refractivity contribution in [3.05, 3.63) is 12.7 Å². The molecular formula is C33H57N2O+. The first kappa shape index (κ1) is 26.8. The number of fused-ring (bicyclic) bond motifs is 5. The van der Waals surface area contributed by atoms with E-state index in [0.29, 0.717) is 23.2 Å². The van der Waals surface area contributed by atoms with Crippen molar-refractivity contribution < 1.29 is 9.28 Å². The number of nitrogens with one attached hydrogen (secondary N) is 1. The fraction of sp³-hybridized carbons (Fsp3) is 0.909. The molecule has 1 heterocycles. The summed E-state index contributed by atoms with van der Waals surface area (Å²) in [4.78, 5) is 12.8. The number of rotatable bonds is 9. The van der Waals surface area contributed by atoms with Crippen LogP contribution >= 0.6 is 0 Å². The van der Waals surface area contributed by atoms with Gasteiger partial charge in [0.2, 0.25) is 5.91 Å². The van der Waals surface area contributed by atoms with Gasteiger partial charge in [-0.25, -0.2) is 0 Å². The molecular weight excluding hydrogens is 440 g/mol. The summed E-state index contributed by atoms with van der Waals surface area (Å²) in [5.41, 5.74) is 1.16. The van der Waals surface area contributed by atoms with Crippen molar-refractivity contribution >= 4 is 5.91 Å². The van der Waals surface area contributed by atoms with Crippen LogP contribution in [0.3, 0.4) is 0 Å². The van der Waals surface area contributed by atoms with E-state index >= 15 is 0 Å². The summed E-state index contributed by atoms with van der Waals surface area (Å²) < 4.78 is 1.13. The zero-order chi connectivity index (χ0) is 25.4. The quantitative estimate of drug-likeness (QED) is 0.261. The highest BCUT2D eigenvalue weighted by molar-refractivity contribution is 5.75. The third-order valence-corrected chi connectivity index (χ3v) is 13.1. The highest BCUT2D eigenvalue weighted by Gasteiger charge is 2.60. The highest BCUT2D eigenvalue weighted by Crippen LogP contribution is 2.68. The van der Waals surface area contributed by atoms with Crippen LogP contribution in [0, 0.1) is 46.3 Å². The lowest BCUT2D eigenvalue weighted by Gasteiger charge is -2.61. The van der Waals surface area contributed by atoms with Crippen molar-refractivity contribution in [2.24, 2.45) is 46.3 Å². The Morgan fingerprint density at radius 3 is 2.53 bits per heavy atom. The van der Waals surface area contributed by atoms with Crippen LogP contribution in [0.15, 0.2) is 12.7 Å². The molecule has 0 aromatic carbocycles. The van der Waals surface area contributed by atoms with E-state index in [2.05, 4.69) is 38.7 Å². The molecule has 3 heteroatoms. The topological polar surface area (TPSA) is 29.1 Å². The van der Waals surface area contributed by atoms with Crippen molar-refractivity contribution in [3.63, 3.8) is 0 Å². The summed E-state index contributed by atoms with van der Waals surface area (Å²) in [7, 11) is 0. The first-order valence-electron chi connectivity index (χ1n) is 16.0. The van der Waals surface area contributed by atoms with Gasteiger partial charge < -0.3 is 9.80 Å². The number of amides is 1. The fourth-order valence-corrected chi connectivity index (χ4v) is 11.1. The Morgan fingerprint density at radius 2 is 1.75 bits per heavy atom. The largest absolute Gasteiger partial charge is 0.350 e. The summed E-state index contributed by atoms with van der Waals surface area (Å²) in [5.74, 6) is 5.72. The van der Waals surface area contributed by atoms with Crippen LogP contribution in [0.4, 0.5) is 0 Å². The lowest BCUT2D eigenvalue weighted by Crippen LogP contribution is -2.53. The standard InChI is InChI=1S/C33H56N2O/c1-5-21-35(22-8-9-23-35)24-20-34-31(36)16-11-25(2)28-14-15-29-27-13-12-26-10-6-7-18-32(26,3)30(27)17-19-33(28,29)4/h5,25-30H,1,6-24H2,2-4H3/p+1/t25?,26?,27-,28+,29-,30-,32-,33+/m0/s1. The van der Waals surface area contributed by atoms with E-state index in [1.165, 1.54) is 90.1 Å². The molecule has 0 spiro atoms. The Morgan fingerprint density at radius 1 is 0.972 bits per heavy atom. The van der Waals surface area contributed by atoms with Crippen molar-refractivity contribution in [2.75, 3.05) is 32.7 Å². The minimum absolute atomic E-state index is 0.282. The van der Waals surface area contributed by atoms with E-state index in [1.807, 2.05) is 0 Å². The van der Waals surface area contributed by atoms with Crippen LogP contribution in [0.5, 0.6) is 0 Å². The molecule has 0 aromatic heterocycles. The first-order valence-corrected chi connectivity index (χ1v) is 16.0. The van der Waals surface area contributed by atoms with Gasteiger partial charge in [0.25, 0.3) is 0 Å². The van der Waals surface area contributed by atoms with Gasteiger partial charge in [-0.15, -0.1) is 0 Å². The van der Waals surface area contributed by atoms with Gasteiger partial charge in [-0.3, -0.25) is 4.79 Å². The minimum atomic E-state index is 0.282. The fourth-order valence-electron chi connectivity index (χ4n) is 11.1. The second-order valence-corrected chi connectivity index (χ2v) is 14.7. The van der Waals surface area contributed by atoms with Gasteiger partial charge in [-0.1, -0.05) is 40.2 Å². The molecule has 5 fully saturated rings. The summed E-state index contributed by atoms with van der Waals surface area (Å²) >= 11 is 0. The van der Waals surface area contributed by atoms with Gasteiger partial charge in [0, 0.05) is 19.3 Å². The molecule has 0 bridgehead atoms. The number of hydrogen-bond acceptors (Lipinski definition) is 1. The van der Waals surface area contributed by atoms with Crippen LogP contribution in [0.1, 0.15) is 111 Å². The second-order valence-electron chi connectivity index (χ2n) is 14.7. The maximum absolute atomic E-state index is 12.8. The van der Waals surface area contributed by atoms with Gasteiger partial charge in [0.05, 0.1) is 32.7 Å². The van der Waals surface area contributed by atoms with Crippen molar-refractivity contribution in [1.82, 2.24) is 5.32 Å². The SMILES string of the molecule is C=CC[N+]1(CCNC(=O)CCC(C)[C@H]2CC[C@H]3[C@@H]4CCC5CCCC[C@]5(C)[C@H]4CC[C@]23C)CCCC1. The molecule has 1 saturated heterocycles. The first-order chi connectivity index (χ1) is 17.3. The molecule has 3 nitrogen and oxygen atoms in total. The maximum Gasteiger partial charge on any atom is 0.220 e. The van der Waals surface area contributed by atoms with Crippen LogP contribution in [0.2, 0.25) is 0 Å². The molecule has 36 heavy (non-hydrogen) atoms. The third-order valence-electron chi connectivity index (χ3n) is 13.1. The average molecular weight is 498 g/mol. The zero-order valence-corrected chi connectivity index (χ0v) is 24.0. The van der Waals surface area contributed by atoms with Crippen molar-refractivity contribution in [2.45, 2.75) is 111 Å². The molecule has 5 rings (SSSR count). The van der Waals surface area contributed by atoms with Gasteiger partial charge >= 0.3 is 0 Å². The summed E-state index contributed by atoms with van der Waals surface area (Å²) in [6.07, 6.45) is 21.3. The van der Waals surface area contributed by atoms with Gasteiger partial charge in [0.1, 0.15) is 0 Å². The molecule has 1 aliphatic heterocycles. The molecule has 204 valence electrons. The smallest absolute Gasteiger partial charge is 0.220 e. The molecule has 4 aliphatic carbocycles. The number of nitrogens with zero attached hydrogens (tertiary/aromatic N) is 1. The molecule has 0 aromatic rings. The number of carbonyl (C=O) groups excluding carboxylic acids is 1. The summed E-state index contributed by atoms with van der Waals surface area (Å²) in [6, 6.07) is 0. The van der Waals surface area contributed by atoms with Crippen molar-refractivity contribution in [1.29, 1.82) is 0 Å². The minimum Gasteiger partial charge on any atom is -0.350 e. The normalized spacial score (nSPS) is 42.1. The second kappa shape index (κ2) is 10.7. The van der Waals surface area contributed by atoms with E-state index in [0.717, 1.165) is 60.1 Å². The molecule has 1 amide bonds. The maximum atomic E-state index is 12.8.